The quantitative estimate of drug-likeness (QED) is 0.707. The molecule has 0 atom stereocenters. The third kappa shape index (κ3) is 5.47. The van der Waals surface area contributed by atoms with Crippen LogP contribution in [-0.2, 0) is 6.54 Å². The molecule has 0 aromatic heterocycles. The average Bonchev–Trinajstić information content (AvgIpc) is 2.44. The summed E-state index contributed by atoms with van der Waals surface area (Å²) in [7, 11) is 0. The molecular formula is C16H24Br2N2. The summed E-state index contributed by atoms with van der Waals surface area (Å²) in [5.74, 6) is 0.931. The average molecular weight is 404 g/mol. The van der Waals surface area contributed by atoms with Gasteiger partial charge in [-0.25, -0.2) is 0 Å². The molecule has 1 saturated heterocycles. The fourth-order valence-electron chi connectivity index (χ4n) is 2.60. The van der Waals surface area contributed by atoms with Gasteiger partial charge in [0.1, 0.15) is 0 Å². The van der Waals surface area contributed by atoms with Gasteiger partial charge in [0, 0.05) is 15.5 Å². The fraction of sp³-hybridized carbons (Fsp3) is 0.625. The molecule has 1 aliphatic rings. The van der Waals surface area contributed by atoms with E-state index < -0.39 is 0 Å². The smallest absolute Gasteiger partial charge is 0.0320 e. The molecule has 0 radical (unpaired) electrons. The Hall–Kier alpha value is 0.1000. The van der Waals surface area contributed by atoms with Crippen LogP contribution in [-0.4, -0.2) is 31.1 Å². The van der Waals surface area contributed by atoms with Crippen LogP contribution in [0.5, 0.6) is 0 Å². The highest BCUT2D eigenvalue weighted by molar-refractivity contribution is 9.13. The summed E-state index contributed by atoms with van der Waals surface area (Å²) in [5.41, 5.74) is 1.33. The number of benzene rings is 1. The van der Waals surface area contributed by atoms with Gasteiger partial charge in [-0.15, -0.1) is 0 Å². The van der Waals surface area contributed by atoms with Crippen molar-refractivity contribution < 1.29 is 0 Å². The number of hydrogen-bond donors (Lipinski definition) is 1. The number of nitrogens with zero attached hydrogens (tertiary/aromatic N) is 1. The molecule has 1 N–H and O–H groups in total. The van der Waals surface area contributed by atoms with E-state index in [1.807, 2.05) is 0 Å². The third-order valence-corrected chi connectivity index (χ3v) is 5.90. The normalized spacial score (nSPS) is 17.6. The number of likely N-dealkylation sites (tertiary alicyclic amines) is 1. The van der Waals surface area contributed by atoms with Crippen LogP contribution in [0.15, 0.2) is 27.1 Å². The van der Waals surface area contributed by atoms with Crippen molar-refractivity contribution in [3.8, 4) is 0 Å². The highest BCUT2D eigenvalue weighted by Crippen LogP contribution is 2.23. The lowest BCUT2D eigenvalue weighted by molar-refractivity contribution is 0.190. The summed E-state index contributed by atoms with van der Waals surface area (Å²) in [4.78, 5) is 2.61. The molecule has 1 aromatic rings. The van der Waals surface area contributed by atoms with E-state index in [-0.39, 0.29) is 0 Å². The standard InChI is InChI=1S/C16H24Br2N2/c1-13-5-9-20(10-6-13)8-2-7-19-12-14-3-4-15(17)16(18)11-14/h3-4,11,13,19H,2,5-10,12H2,1H3. The Kier molecular flexibility index (Phi) is 7.02. The molecule has 2 rings (SSSR count). The molecule has 1 heterocycles. The minimum Gasteiger partial charge on any atom is -0.313 e. The van der Waals surface area contributed by atoms with Crippen LogP contribution in [0.25, 0.3) is 0 Å². The van der Waals surface area contributed by atoms with Gasteiger partial charge in [-0.2, -0.15) is 0 Å². The highest BCUT2D eigenvalue weighted by atomic mass is 79.9. The number of hydrogen-bond acceptors (Lipinski definition) is 2. The van der Waals surface area contributed by atoms with Crippen LogP contribution in [0.4, 0.5) is 0 Å². The Morgan fingerprint density at radius 3 is 2.65 bits per heavy atom. The molecule has 0 spiro atoms. The summed E-state index contributed by atoms with van der Waals surface area (Å²) in [6.45, 7) is 8.24. The summed E-state index contributed by atoms with van der Waals surface area (Å²) < 4.78 is 2.24. The summed E-state index contributed by atoms with van der Waals surface area (Å²) in [5, 5.41) is 3.53. The lowest BCUT2D eigenvalue weighted by Gasteiger charge is -2.30. The Morgan fingerprint density at radius 1 is 1.20 bits per heavy atom. The van der Waals surface area contributed by atoms with Crippen molar-refractivity contribution in [1.29, 1.82) is 0 Å². The zero-order valence-electron chi connectivity index (χ0n) is 12.2. The van der Waals surface area contributed by atoms with Gasteiger partial charge in [-0.1, -0.05) is 13.0 Å². The van der Waals surface area contributed by atoms with E-state index in [0.29, 0.717) is 0 Å². The Bertz CT molecular complexity index is 415. The number of piperidine rings is 1. The zero-order chi connectivity index (χ0) is 14.4. The van der Waals surface area contributed by atoms with Gasteiger partial charge in [0.25, 0.3) is 0 Å². The Balaban J connectivity index is 1.58. The number of nitrogens with one attached hydrogen (secondary N) is 1. The lowest BCUT2D eigenvalue weighted by atomic mass is 9.99. The first kappa shape index (κ1) is 16.5. The largest absolute Gasteiger partial charge is 0.313 e. The first-order chi connectivity index (χ1) is 9.65. The van der Waals surface area contributed by atoms with Gasteiger partial charge < -0.3 is 10.2 Å². The van der Waals surface area contributed by atoms with Crippen LogP contribution in [0.2, 0.25) is 0 Å². The maximum Gasteiger partial charge on any atom is 0.0320 e. The summed E-state index contributed by atoms with van der Waals surface area (Å²) in [6, 6.07) is 6.42. The second-order valence-corrected chi connectivity index (χ2v) is 7.51. The van der Waals surface area contributed by atoms with Crippen LogP contribution in [0.3, 0.4) is 0 Å². The molecule has 2 nitrogen and oxygen atoms in total. The van der Waals surface area contributed by atoms with E-state index in [2.05, 4.69) is 67.2 Å². The maximum absolute atomic E-state index is 3.54. The molecule has 0 bridgehead atoms. The second-order valence-electron chi connectivity index (χ2n) is 5.80. The second kappa shape index (κ2) is 8.52. The van der Waals surface area contributed by atoms with Gasteiger partial charge in [-0.05, 0) is 101 Å². The minimum atomic E-state index is 0.931. The van der Waals surface area contributed by atoms with Crippen molar-refractivity contribution in [2.45, 2.75) is 32.7 Å². The maximum atomic E-state index is 3.54. The SMILES string of the molecule is CC1CCN(CCCNCc2ccc(Br)c(Br)c2)CC1. The Labute approximate surface area is 139 Å². The molecule has 1 aliphatic heterocycles. The molecule has 0 amide bonds. The van der Waals surface area contributed by atoms with Crippen LogP contribution < -0.4 is 5.32 Å². The minimum absolute atomic E-state index is 0.931. The van der Waals surface area contributed by atoms with Gasteiger partial charge in [0.2, 0.25) is 0 Å². The molecule has 0 saturated carbocycles. The van der Waals surface area contributed by atoms with E-state index in [9.17, 15) is 0 Å². The molecule has 4 heteroatoms. The lowest BCUT2D eigenvalue weighted by Crippen LogP contribution is -2.34. The fourth-order valence-corrected chi connectivity index (χ4v) is 3.27. The molecule has 0 aliphatic carbocycles. The van der Waals surface area contributed by atoms with Crippen molar-refractivity contribution >= 4 is 31.9 Å². The molecule has 20 heavy (non-hydrogen) atoms. The van der Waals surface area contributed by atoms with Crippen molar-refractivity contribution in [3.05, 3.63) is 32.7 Å². The van der Waals surface area contributed by atoms with Crippen molar-refractivity contribution in [1.82, 2.24) is 10.2 Å². The zero-order valence-corrected chi connectivity index (χ0v) is 15.3. The predicted octanol–water partition coefficient (Wildman–Crippen LogP) is 4.42. The van der Waals surface area contributed by atoms with Crippen LogP contribution in [0.1, 0.15) is 31.7 Å². The highest BCUT2D eigenvalue weighted by Gasteiger charge is 2.14. The Morgan fingerprint density at radius 2 is 1.95 bits per heavy atom. The molecule has 112 valence electrons. The topological polar surface area (TPSA) is 15.3 Å². The summed E-state index contributed by atoms with van der Waals surface area (Å²) >= 11 is 7.04. The van der Waals surface area contributed by atoms with E-state index in [1.165, 1.54) is 44.5 Å². The molecule has 1 fully saturated rings. The number of halogens is 2. The van der Waals surface area contributed by atoms with Crippen molar-refractivity contribution in [2.24, 2.45) is 5.92 Å². The first-order valence-electron chi connectivity index (χ1n) is 7.52. The predicted molar refractivity (Wildman–Crippen MR) is 93.0 cm³/mol. The third-order valence-electron chi connectivity index (χ3n) is 4.02. The van der Waals surface area contributed by atoms with E-state index in [0.717, 1.165) is 28.0 Å². The van der Waals surface area contributed by atoms with E-state index >= 15 is 0 Å². The van der Waals surface area contributed by atoms with Crippen LogP contribution >= 0.6 is 31.9 Å². The van der Waals surface area contributed by atoms with Gasteiger partial charge in [0.05, 0.1) is 0 Å². The van der Waals surface area contributed by atoms with Gasteiger partial charge >= 0.3 is 0 Å². The van der Waals surface area contributed by atoms with Crippen LogP contribution in [0, 0.1) is 5.92 Å². The van der Waals surface area contributed by atoms with Gasteiger partial charge in [-0.3, -0.25) is 0 Å². The number of rotatable bonds is 6. The molecule has 1 aromatic carbocycles. The molecular weight excluding hydrogens is 380 g/mol. The van der Waals surface area contributed by atoms with Gasteiger partial charge in [0.15, 0.2) is 0 Å². The molecule has 0 unspecified atom stereocenters. The first-order valence-corrected chi connectivity index (χ1v) is 9.11. The van der Waals surface area contributed by atoms with Crippen molar-refractivity contribution in [2.75, 3.05) is 26.2 Å². The van der Waals surface area contributed by atoms with E-state index in [4.69, 9.17) is 0 Å². The van der Waals surface area contributed by atoms with E-state index in [1.54, 1.807) is 0 Å². The monoisotopic (exact) mass is 402 g/mol. The van der Waals surface area contributed by atoms with Crippen molar-refractivity contribution in [3.63, 3.8) is 0 Å². The summed E-state index contributed by atoms with van der Waals surface area (Å²) in [6.07, 6.45) is 3.99.